The fraction of sp³-hybridized carbons (Fsp3) is 0.211. The molecule has 0 unspecified atom stereocenters. The van der Waals surface area contributed by atoms with Crippen molar-refractivity contribution in [2.24, 2.45) is 7.05 Å². The zero-order valence-corrected chi connectivity index (χ0v) is 16.2. The van der Waals surface area contributed by atoms with Crippen LogP contribution in [0.15, 0.2) is 53.5 Å². The molecule has 0 amide bonds. The quantitative estimate of drug-likeness (QED) is 0.488. The van der Waals surface area contributed by atoms with E-state index >= 15 is 0 Å². The summed E-state index contributed by atoms with van der Waals surface area (Å²) in [5.41, 5.74) is 2.61. The van der Waals surface area contributed by atoms with Gasteiger partial charge in [-0.15, -0.1) is 5.10 Å². The van der Waals surface area contributed by atoms with Crippen LogP contribution in [0.25, 0.3) is 11.4 Å². The molecule has 0 aliphatic heterocycles. The maximum absolute atomic E-state index is 12.2. The van der Waals surface area contributed by atoms with E-state index in [1.54, 1.807) is 37.2 Å². The fourth-order valence-corrected chi connectivity index (χ4v) is 2.82. The van der Waals surface area contributed by atoms with Crippen molar-refractivity contribution in [2.45, 2.75) is 13.5 Å². The van der Waals surface area contributed by atoms with E-state index in [0.717, 1.165) is 11.3 Å². The van der Waals surface area contributed by atoms with Crippen LogP contribution in [0.5, 0.6) is 11.8 Å². The Hall–Kier alpha value is -3.95. The van der Waals surface area contributed by atoms with Crippen LogP contribution in [0.4, 0.5) is 0 Å². The lowest BCUT2D eigenvalue weighted by atomic mass is 10.2. The Balaban J connectivity index is 1.56. The first-order chi connectivity index (χ1) is 14.1. The number of hydrogen-bond acceptors (Lipinski definition) is 7. The summed E-state index contributed by atoms with van der Waals surface area (Å²) in [6, 6.07) is 12.9. The van der Waals surface area contributed by atoms with E-state index in [0.29, 0.717) is 23.1 Å². The number of aryl methyl sites for hydroxylation is 2. The molecule has 0 radical (unpaired) electrons. The third kappa shape index (κ3) is 3.59. The number of nitrogens with zero attached hydrogens (tertiary/aromatic N) is 7. The molecule has 3 aromatic heterocycles. The Morgan fingerprint density at radius 3 is 2.62 bits per heavy atom. The summed E-state index contributed by atoms with van der Waals surface area (Å²) in [7, 11) is 3.11. The molecule has 0 saturated carbocycles. The van der Waals surface area contributed by atoms with Gasteiger partial charge in [0.25, 0.3) is 0 Å². The summed E-state index contributed by atoms with van der Waals surface area (Å²) < 4.78 is 15.2. The number of pyridine rings is 1. The first-order valence-electron chi connectivity index (χ1n) is 8.84. The molecule has 4 aromatic rings. The molecule has 3 heterocycles. The lowest BCUT2D eigenvalue weighted by Gasteiger charge is -2.09. The summed E-state index contributed by atoms with van der Waals surface area (Å²) >= 11 is 0. The highest BCUT2D eigenvalue weighted by molar-refractivity contribution is 5.42. The van der Waals surface area contributed by atoms with Crippen LogP contribution in [-0.2, 0) is 13.7 Å². The number of aromatic nitrogens is 7. The van der Waals surface area contributed by atoms with Crippen molar-refractivity contribution >= 4 is 0 Å². The van der Waals surface area contributed by atoms with E-state index in [-0.39, 0.29) is 12.3 Å². The lowest BCUT2D eigenvalue weighted by molar-refractivity contribution is 0.291. The van der Waals surface area contributed by atoms with Crippen molar-refractivity contribution in [3.8, 4) is 23.1 Å². The number of ether oxygens (including phenoxy) is 2. The van der Waals surface area contributed by atoms with Gasteiger partial charge in [0.2, 0.25) is 11.8 Å². The van der Waals surface area contributed by atoms with Crippen molar-refractivity contribution in [3.05, 3.63) is 70.4 Å². The minimum atomic E-state index is -0.333. The molecule has 0 aliphatic rings. The van der Waals surface area contributed by atoms with Gasteiger partial charge in [-0.25, -0.2) is 14.5 Å². The number of hydrogen-bond donors (Lipinski definition) is 0. The summed E-state index contributed by atoms with van der Waals surface area (Å²) in [5, 5.41) is 12.1. The predicted molar refractivity (Wildman–Crippen MR) is 104 cm³/mol. The molecule has 29 heavy (non-hydrogen) atoms. The first-order valence-corrected chi connectivity index (χ1v) is 8.84. The Morgan fingerprint density at radius 2 is 1.86 bits per heavy atom. The molecule has 0 spiro atoms. The molecule has 0 aliphatic carbocycles. The van der Waals surface area contributed by atoms with Crippen LogP contribution in [0.3, 0.4) is 0 Å². The molecule has 0 saturated heterocycles. The van der Waals surface area contributed by atoms with Gasteiger partial charge in [0.1, 0.15) is 12.3 Å². The predicted octanol–water partition coefficient (Wildman–Crippen LogP) is 1.44. The van der Waals surface area contributed by atoms with Crippen molar-refractivity contribution < 1.29 is 9.47 Å². The van der Waals surface area contributed by atoms with Crippen LogP contribution >= 0.6 is 0 Å². The van der Waals surface area contributed by atoms with Crippen molar-refractivity contribution in [3.63, 3.8) is 0 Å². The fourth-order valence-electron chi connectivity index (χ4n) is 2.82. The second-order valence-electron chi connectivity index (χ2n) is 6.29. The maximum atomic E-state index is 12.2. The minimum absolute atomic E-state index is 0.208. The van der Waals surface area contributed by atoms with Crippen LogP contribution in [0, 0.1) is 6.92 Å². The van der Waals surface area contributed by atoms with Gasteiger partial charge >= 0.3 is 5.69 Å². The second kappa shape index (κ2) is 7.58. The number of rotatable bonds is 6. The molecule has 4 rings (SSSR count). The number of para-hydroxylation sites is 1. The topological polar surface area (TPSA) is 102 Å². The molecule has 10 heteroatoms. The molecule has 10 nitrogen and oxygen atoms in total. The van der Waals surface area contributed by atoms with Crippen molar-refractivity contribution in [1.29, 1.82) is 0 Å². The largest absolute Gasteiger partial charge is 0.479 e. The SMILES string of the molecule is COc1nc(C)ccc1-n1ccc(OCc2ccccc2-n2nnn(C)c2=O)n1. The lowest BCUT2D eigenvalue weighted by Crippen LogP contribution is -2.23. The Labute approximate surface area is 165 Å². The number of methoxy groups -OCH3 is 1. The highest BCUT2D eigenvalue weighted by atomic mass is 16.5. The van der Waals surface area contributed by atoms with Gasteiger partial charge in [-0.05, 0) is 35.5 Å². The van der Waals surface area contributed by atoms with Crippen LogP contribution < -0.4 is 15.2 Å². The number of benzene rings is 1. The Morgan fingerprint density at radius 1 is 1.03 bits per heavy atom. The van der Waals surface area contributed by atoms with Crippen LogP contribution in [0.2, 0.25) is 0 Å². The number of tetrazole rings is 1. The zero-order valence-electron chi connectivity index (χ0n) is 16.2. The van der Waals surface area contributed by atoms with Gasteiger partial charge in [-0.2, -0.15) is 9.36 Å². The zero-order chi connectivity index (χ0) is 20.4. The Bertz CT molecular complexity index is 1210. The van der Waals surface area contributed by atoms with Crippen LogP contribution in [-0.4, -0.2) is 41.7 Å². The van der Waals surface area contributed by atoms with Gasteiger partial charge in [0.15, 0.2) is 0 Å². The first kappa shape index (κ1) is 18.4. The highest BCUT2D eigenvalue weighted by Crippen LogP contribution is 2.22. The van der Waals surface area contributed by atoms with Crippen LogP contribution in [0.1, 0.15) is 11.3 Å². The standard InChI is InChI=1S/C19H19N7O3/c1-13-8-9-16(18(20-13)28-3)25-11-10-17(21-25)29-12-14-6-4-5-7-15(14)26-19(27)24(2)22-23-26/h4-11H,12H2,1-3H3. The van der Waals surface area contributed by atoms with E-state index in [4.69, 9.17) is 9.47 Å². The van der Waals surface area contributed by atoms with Gasteiger partial charge in [0, 0.05) is 30.6 Å². The summed E-state index contributed by atoms with van der Waals surface area (Å²) in [5.74, 6) is 0.904. The monoisotopic (exact) mass is 393 g/mol. The van der Waals surface area contributed by atoms with Gasteiger partial charge < -0.3 is 9.47 Å². The summed E-state index contributed by atoms with van der Waals surface area (Å²) in [6.45, 7) is 2.10. The van der Waals surface area contributed by atoms with E-state index in [1.807, 2.05) is 37.3 Å². The smallest absolute Gasteiger partial charge is 0.368 e. The molecule has 1 aromatic carbocycles. The summed E-state index contributed by atoms with van der Waals surface area (Å²) in [4.78, 5) is 16.5. The molecular formula is C19H19N7O3. The average molecular weight is 393 g/mol. The minimum Gasteiger partial charge on any atom is -0.479 e. The highest BCUT2D eigenvalue weighted by Gasteiger charge is 2.13. The molecule has 148 valence electrons. The Kier molecular flexibility index (Phi) is 4.82. The third-order valence-corrected chi connectivity index (χ3v) is 4.30. The normalized spacial score (nSPS) is 10.9. The average Bonchev–Trinajstić information content (AvgIpc) is 3.33. The van der Waals surface area contributed by atoms with E-state index < -0.39 is 0 Å². The molecule has 0 N–H and O–H groups in total. The van der Waals surface area contributed by atoms with Gasteiger partial charge in [0.05, 0.1) is 12.8 Å². The molecule has 0 atom stereocenters. The third-order valence-electron chi connectivity index (χ3n) is 4.30. The van der Waals surface area contributed by atoms with E-state index in [1.165, 1.54) is 9.36 Å². The molecule has 0 bridgehead atoms. The second-order valence-corrected chi connectivity index (χ2v) is 6.29. The van der Waals surface area contributed by atoms with Gasteiger partial charge in [-0.1, -0.05) is 18.2 Å². The van der Waals surface area contributed by atoms with Gasteiger partial charge in [-0.3, -0.25) is 0 Å². The van der Waals surface area contributed by atoms with Crippen molar-refractivity contribution in [2.75, 3.05) is 7.11 Å². The molecular weight excluding hydrogens is 374 g/mol. The van der Waals surface area contributed by atoms with E-state index in [9.17, 15) is 4.79 Å². The summed E-state index contributed by atoms with van der Waals surface area (Å²) in [6.07, 6.45) is 1.77. The van der Waals surface area contributed by atoms with Crippen molar-refractivity contribution in [1.82, 2.24) is 34.6 Å². The maximum Gasteiger partial charge on any atom is 0.368 e. The molecule has 0 fully saturated rings. The van der Waals surface area contributed by atoms with E-state index in [2.05, 4.69) is 20.5 Å².